The fourth-order valence-corrected chi connectivity index (χ4v) is 5.42. The molecule has 3 aromatic carbocycles. The smallest absolute Gasteiger partial charge is 1.00 e. The van der Waals surface area contributed by atoms with Gasteiger partial charge in [0.05, 0.1) is 31.8 Å². The molecule has 1 fully saturated rings. The van der Waals surface area contributed by atoms with Crippen LogP contribution < -0.4 is 43.8 Å². The predicted molar refractivity (Wildman–Crippen MR) is 143 cm³/mol. The number of hydrogen-bond donors (Lipinski definition) is 1. The van der Waals surface area contributed by atoms with Crippen molar-refractivity contribution in [3.8, 4) is 39.8 Å². The second kappa shape index (κ2) is 11.4. The van der Waals surface area contributed by atoms with Gasteiger partial charge >= 0.3 is 29.6 Å². The Kier molecular flexibility index (Phi) is 7.93. The summed E-state index contributed by atoms with van der Waals surface area (Å²) >= 11 is 0. The Hall–Kier alpha value is -3.73. The first-order valence-electron chi connectivity index (χ1n) is 12.7. The second-order valence-electron chi connectivity index (χ2n) is 9.75. The third kappa shape index (κ3) is 5.10. The molecule has 2 aliphatic heterocycles. The SMILES string of the molecule is COc1cc(C(=O)N2CCC3(CC2)CC(=O)c2cc(-c4nn[nH]n4)ccc2O3)cc(OC)c1-c1ccccc1.[H-].[Na+]. The Balaban J connectivity index is 0.00000194. The van der Waals surface area contributed by atoms with Crippen molar-refractivity contribution < 1.29 is 54.8 Å². The number of aromatic nitrogens is 4. The maximum atomic E-state index is 13.6. The number of nitrogens with zero attached hydrogens (tertiary/aromatic N) is 4. The summed E-state index contributed by atoms with van der Waals surface area (Å²) < 4.78 is 17.7. The molecule has 6 rings (SSSR count). The largest absolute Gasteiger partial charge is 1.00 e. The average molecular weight is 550 g/mol. The predicted octanol–water partition coefficient (Wildman–Crippen LogP) is 1.31. The number of nitrogens with one attached hydrogen (secondary N) is 1. The van der Waals surface area contributed by atoms with E-state index in [-0.39, 0.29) is 49.1 Å². The van der Waals surface area contributed by atoms with Crippen LogP contribution in [0, 0.1) is 0 Å². The summed E-state index contributed by atoms with van der Waals surface area (Å²) in [5, 5.41) is 14.0. The van der Waals surface area contributed by atoms with Crippen molar-refractivity contribution in [2.45, 2.75) is 24.9 Å². The van der Waals surface area contributed by atoms with E-state index < -0.39 is 5.60 Å². The van der Waals surface area contributed by atoms with Crippen molar-refractivity contribution in [1.82, 2.24) is 25.5 Å². The molecule has 0 unspecified atom stereocenters. The van der Waals surface area contributed by atoms with Crippen LogP contribution >= 0.6 is 0 Å². The minimum absolute atomic E-state index is 0. The van der Waals surface area contributed by atoms with Gasteiger partial charge in [0, 0.05) is 37.1 Å². The van der Waals surface area contributed by atoms with E-state index in [9.17, 15) is 9.59 Å². The maximum absolute atomic E-state index is 13.6. The number of rotatable bonds is 5. The number of piperidine rings is 1. The average Bonchev–Trinajstić information content (AvgIpc) is 3.52. The molecule has 0 saturated carbocycles. The van der Waals surface area contributed by atoms with E-state index >= 15 is 0 Å². The van der Waals surface area contributed by atoms with Crippen molar-refractivity contribution in [2.75, 3.05) is 27.3 Å². The van der Waals surface area contributed by atoms with E-state index in [1.54, 1.807) is 43.4 Å². The van der Waals surface area contributed by atoms with Gasteiger partial charge in [0.2, 0.25) is 5.82 Å². The topological polar surface area (TPSA) is 120 Å². The van der Waals surface area contributed by atoms with E-state index in [0.717, 1.165) is 11.1 Å². The van der Waals surface area contributed by atoms with Crippen molar-refractivity contribution >= 4 is 11.7 Å². The number of carbonyl (C=O) groups is 2. The molecule has 1 amide bonds. The standard InChI is InChI=1S/C29H27N5O5.Na.H/c1-37-24-15-20(16-25(38-2)26(24)18-6-4-3-5-7-18)28(36)34-12-10-29(11-13-34)17-22(35)21-14-19(8-9-23(21)39-29)27-30-32-33-31-27;;/h3-9,14-16H,10-13,17H2,1-2H3,(H,30,31,32,33);;/q;+1;-1. The number of ether oxygens (including phenoxy) is 3. The van der Waals surface area contributed by atoms with Crippen LogP contribution in [0.2, 0.25) is 0 Å². The Bertz CT molecular complexity index is 1520. The molecule has 0 atom stereocenters. The molecule has 40 heavy (non-hydrogen) atoms. The summed E-state index contributed by atoms with van der Waals surface area (Å²) in [7, 11) is 3.17. The van der Waals surface area contributed by atoms with Crippen LogP contribution in [0.25, 0.3) is 22.5 Å². The number of carbonyl (C=O) groups excluding carboxylic acids is 2. The van der Waals surface area contributed by atoms with Gasteiger partial charge in [0.15, 0.2) is 5.78 Å². The number of fused-ring (bicyclic) bond motifs is 1. The van der Waals surface area contributed by atoms with Crippen LogP contribution in [0.3, 0.4) is 0 Å². The number of H-pyrrole nitrogens is 1. The molecule has 4 aromatic rings. The van der Waals surface area contributed by atoms with Crippen LogP contribution in [0.15, 0.2) is 60.7 Å². The zero-order valence-electron chi connectivity index (χ0n) is 23.6. The molecule has 11 heteroatoms. The van der Waals surface area contributed by atoms with E-state index in [4.69, 9.17) is 14.2 Å². The Morgan fingerprint density at radius 3 is 2.33 bits per heavy atom. The van der Waals surface area contributed by atoms with Gasteiger partial charge in [-0.05, 0) is 41.1 Å². The first kappa shape index (κ1) is 27.8. The first-order valence-corrected chi connectivity index (χ1v) is 12.7. The number of ketones is 1. The molecular weight excluding hydrogens is 521 g/mol. The molecule has 1 aromatic heterocycles. The summed E-state index contributed by atoms with van der Waals surface area (Å²) in [6.07, 6.45) is 1.35. The van der Waals surface area contributed by atoms with Crippen molar-refractivity contribution in [3.63, 3.8) is 0 Å². The number of hydrogen-bond acceptors (Lipinski definition) is 8. The first-order chi connectivity index (χ1) is 19.0. The minimum Gasteiger partial charge on any atom is -1.00 e. The number of tetrazole rings is 1. The summed E-state index contributed by atoms with van der Waals surface area (Å²) in [5.74, 6) is 1.98. The summed E-state index contributed by atoms with van der Waals surface area (Å²) in [5.41, 5.74) is 2.79. The number of Topliss-reactive ketones (excluding diaryl/α,β-unsaturated/α-hetero) is 1. The van der Waals surface area contributed by atoms with Gasteiger partial charge in [-0.15, -0.1) is 10.2 Å². The van der Waals surface area contributed by atoms with Crippen molar-refractivity contribution in [3.05, 3.63) is 71.8 Å². The van der Waals surface area contributed by atoms with Crippen molar-refractivity contribution in [1.29, 1.82) is 0 Å². The van der Waals surface area contributed by atoms with Crippen LogP contribution in [0.4, 0.5) is 0 Å². The number of methoxy groups -OCH3 is 2. The summed E-state index contributed by atoms with van der Waals surface area (Å²) in [6, 6.07) is 18.6. The van der Waals surface area contributed by atoms with Gasteiger partial charge in [0.25, 0.3) is 5.91 Å². The molecular formula is C29H28N5NaO5. The zero-order chi connectivity index (χ0) is 27.0. The fraction of sp³-hybridized carbons (Fsp3) is 0.276. The number of amides is 1. The molecule has 1 saturated heterocycles. The third-order valence-corrected chi connectivity index (χ3v) is 7.47. The molecule has 2 aliphatic rings. The molecule has 1 N–H and O–H groups in total. The Morgan fingerprint density at radius 2 is 1.70 bits per heavy atom. The maximum Gasteiger partial charge on any atom is 1.00 e. The quantitative estimate of drug-likeness (QED) is 0.370. The van der Waals surface area contributed by atoms with Crippen LogP contribution in [-0.4, -0.2) is 70.1 Å². The van der Waals surface area contributed by atoms with Gasteiger partial charge in [-0.2, -0.15) is 5.21 Å². The molecule has 1 spiro atoms. The van der Waals surface area contributed by atoms with Crippen molar-refractivity contribution in [2.24, 2.45) is 0 Å². The van der Waals surface area contributed by atoms with Gasteiger partial charge < -0.3 is 20.5 Å². The van der Waals surface area contributed by atoms with Gasteiger partial charge in [-0.25, -0.2) is 0 Å². The van der Waals surface area contributed by atoms with Gasteiger partial charge in [-0.3, -0.25) is 9.59 Å². The Labute approximate surface area is 254 Å². The zero-order valence-corrected chi connectivity index (χ0v) is 24.6. The second-order valence-corrected chi connectivity index (χ2v) is 9.75. The van der Waals surface area contributed by atoms with Gasteiger partial charge in [-0.1, -0.05) is 30.3 Å². The van der Waals surface area contributed by atoms with Crippen LogP contribution in [0.5, 0.6) is 17.2 Å². The molecule has 0 bridgehead atoms. The monoisotopic (exact) mass is 549 g/mol. The third-order valence-electron chi connectivity index (χ3n) is 7.47. The normalized spacial score (nSPS) is 15.6. The molecule has 200 valence electrons. The number of benzene rings is 3. The summed E-state index contributed by atoms with van der Waals surface area (Å²) in [6.45, 7) is 0.931. The number of aromatic amines is 1. The van der Waals surface area contributed by atoms with E-state index in [1.165, 1.54) is 0 Å². The van der Waals surface area contributed by atoms with Gasteiger partial charge in [0.1, 0.15) is 22.8 Å². The summed E-state index contributed by atoms with van der Waals surface area (Å²) in [4.78, 5) is 28.5. The molecule has 10 nitrogen and oxygen atoms in total. The molecule has 0 radical (unpaired) electrons. The van der Waals surface area contributed by atoms with E-state index in [1.807, 2.05) is 36.4 Å². The minimum atomic E-state index is -0.638. The Morgan fingerprint density at radius 1 is 1.00 bits per heavy atom. The van der Waals surface area contributed by atoms with E-state index in [0.29, 0.717) is 65.7 Å². The molecule has 0 aliphatic carbocycles. The fourth-order valence-electron chi connectivity index (χ4n) is 5.42. The molecule has 3 heterocycles. The van der Waals surface area contributed by atoms with E-state index in [2.05, 4.69) is 20.6 Å². The van der Waals surface area contributed by atoms with Crippen LogP contribution in [-0.2, 0) is 0 Å². The number of likely N-dealkylation sites (tertiary alicyclic amines) is 1. The van der Waals surface area contributed by atoms with Crippen LogP contribution in [0.1, 0.15) is 41.4 Å².